The minimum Gasteiger partial charge on any atom is -0.258 e. The number of rotatable bonds is 4. The molecule has 0 unspecified atom stereocenters. The van der Waals surface area contributed by atoms with Crippen LogP contribution in [0, 0.1) is 24.0 Å². The lowest BCUT2D eigenvalue weighted by Gasteiger charge is -2.12. The van der Waals surface area contributed by atoms with Crippen LogP contribution in [0.5, 0.6) is 0 Å². The molecule has 9 heteroatoms. The smallest absolute Gasteiger partial charge is 0.258 e. The number of alkyl halides is 3. The van der Waals surface area contributed by atoms with Crippen molar-refractivity contribution in [1.82, 2.24) is 4.98 Å². The standard InChI is InChI=1S/C17H13Cl2F3N2O2/c1-9-5-11(6-10(2)13(9)3-4-15(18)19)16-14(24(25)26)7-12(8-23-16)17(20,21)22/h4-8H,3H2,1-2H3. The van der Waals surface area contributed by atoms with Gasteiger partial charge in [0.15, 0.2) is 0 Å². The van der Waals surface area contributed by atoms with E-state index in [1.165, 1.54) is 0 Å². The lowest BCUT2D eigenvalue weighted by Crippen LogP contribution is -2.07. The zero-order valence-electron chi connectivity index (χ0n) is 13.7. The second-order valence-electron chi connectivity index (χ2n) is 5.63. The molecule has 0 saturated carbocycles. The van der Waals surface area contributed by atoms with Crippen LogP contribution in [-0.4, -0.2) is 9.91 Å². The number of pyridine rings is 1. The number of allylic oxidation sites excluding steroid dienone is 1. The number of benzene rings is 1. The Balaban J connectivity index is 2.58. The molecule has 0 aliphatic carbocycles. The Morgan fingerprint density at radius 1 is 1.23 bits per heavy atom. The number of nitrogens with zero attached hydrogens (tertiary/aromatic N) is 2. The summed E-state index contributed by atoms with van der Waals surface area (Å²) in [7, 11) is 0. The summed E-state index contributed by atoms with van der Waals surface area (Å²) < 4.78 is 38.5. The van der Waals surface area contributed by atoms with Gasteiger partial charge in [0.1, 0.15) is 10.2 Å². The van der Waals surface area contributed by atoms with Crippen LogP contribution in [0.1, 0.15) is 22.3 Å². The van der Waals surface area contributed by atoms with E-state index in [1.807, 2.05) is 0 Å². The van der Waals surface area contributed by atoms with Crippen LogP contribution in [-0.2, 0) is 12.6 Å². The van der Waals surface area contributed by atoms with Gasteiger partial charge in [-0.3, -0.25) is 10.1 Å². The van der Waals surface area contributed by atoms with Gasteiger partial charge < -0.3 is 0 Å². The van der Waals surface area contributed by atoms with Crippen molar-refractivity contribution < 1.29 is 18.1 Å². The summed E-state index contributed by atoms with van der Waals surface area (Å²) in [6.07, 6.45) is -2.05. The predicted molar refractivity (Wildman–Crippen MR) is 94.3 cm³/mol. The van der Waals surface area contributed by atoms with Crippen LogP contribution in [0.2, 0.25) is 0 Å². The molecule has 0 bridgehead atoms. The summed E-state index contributed by atoms with van der Waals surface area (Å²) in [4.78, 5) is 14.1. The van der Waals surface area contributed by atoms with E-state index in [9.17, 15) is 23.3 Å². The monoisotopic (exact) mass is 404 g/mol. The van der Waals surface area contributed by atoms with Gasteiger partial charge in [-0.25, -0.2) is 4.98 Å². The number of hydrogen-bond donors (Lipinski definition) is 0. The topological polar surface area (TPSA) is 56.0 Å². The molecule has 0 aliphatic heterocycles. The van der Waals surface area contributed by atoms with Gasteiger partial charge in [0.25, 0.3) is 5.69 Å². The fraction of sp³-hybridized carbons (Fsp3) is 0.235. The Morgan fingerprint density at radius 2 is 1.81 bits per heavy atom. The summed E-state index contributed by atoms with van der Waals surface area (Å²) in [5.74, 6) is 0. The first-order chi connectivity index (χ1) is 12.0. The van der Waals surface area contributed by atoms with E-state index in [1.54, 1.807) is 32.1 Å². The van der Waals surface area contributed by atoms with Gasteiger partial charge in [-0.1, -0.05) is 23.2 Å². The molecule has 0 N–H and O–H groups in total. The number of nitro groups is 1. The van der Waals surface area contributed by atoms with E-state index in [4.69, 9.17) is 23.2 Å². The van der Waals surface area contributed by atoms with E-state index >= 15 is 0 Å². The first kappa shape index (κ1) is 20.2. The van der Waals surface area contributed by atoms with Gasteiger partial charge in [0, 0.05) is 17.8 Å². The fourth-order valence-corrected chi connectivity index (χ4v) is 2.76. The third-order valence-electron chi connectivity index (χ3n) is 3.82. The number of hydrogen-bond acceptors (Lipinski definition) is 3. The van der Waals surface area contributed by atoms with Crippen molar-refractivity contribution in [3.8, 4) is 11.3 Å². The molecule has 138 valence electrons. The molecule has 0 radical (unpaired) electrons. The summed E-state index contributed by atoms with van der Waals surface area (Å²) in [6.45, 7) is 3.58. The zero-order valence-corrected chi connectivity index (χ0v) is 15.2. The number of aromatic nitrogens is 1. The molecular formula is C17H13Cl2F3N2O2. The Morgan fingerprint density at radius 3 is 2.27 bits per heavy atom. The first-order valence-corrected chi connectivity index (χ1v) is 8.09. The highest BCUT2D eigenvalue weighted by atomic mass is 35.5. The van der Waals surface area contributed by atoms with Crippen molar-refractivity contribution in [2.24, 2.45) is 0 Å². The average Bonchev–Trinajstić information content (AvgIpc) is 2.52. The van der Waals surface area contributed by atoms with Crippen molar-refractivity contribution in [2.45, 2.75) is 26.4 Å². The molecule has 1 heterocycles. The van der Waals surface area contributed by atoms with Crippen LogP contribution < -0.4 is 0 Å². The molecule has 2 rings (SSSR count). The molecule has 0 saturated heterocycles. The fourth-order valence-electron chi connectivity index (χ4n) is 2.60. The van der Waals surface area contributed by atoms with Crippen LogP contribution in [0.3, 0.4) is 0 Å². The van der Waals surface area contributed by atoms with E-state index in [-0.39, 0.29) is 10.2 Å². The lowest BCUT2D eigenvalue weighted by atomic mass is 9.95. The van der Waals surface area contributed by atoms with E-state index in [0.29, 0.717) is 24.2 Å². The van der Waals surface area contributed by atoms with Gasteiger partial charge >= 0.3 is 6.18 Å². The number of aryl methyl sites for hydroxylation is 2. The second kappa shape index (κ2) is 7.63. The molecule has 1 aromatic heterocycles. The molecule has 0 amide bonds. The van der Waals surface area contributed by atoms with Gasteiger partial charge in [-0.05, 0) is 55.2 Å². The largest absolute Gasteiger partial charge is 0.418 e. The van der Waals surface area contributed by atoms with Crippen LogP contribution in [0.25, 0.3) is 11.3 Å². The lowest BCUT2D eigenvalue weighted by molar-refractivity contribution is -0.384. The molecule has 0 aliphatic rings. The van der Waals surface area contributed by atoms with E-state index in [2.05, 4.69) is 4.98 Å². The molecule has 2 aromatic rings. The van der Waals surface area contributed by atoms with Gasteiger partial charge in [0.2, 0.25) is 0 Å². The third kappa shape index (κ3) is 4.53. The minimum absolute atomic E-state index is 0.118. The van der Waals surface area contributed by atoms with Crippen LogP contribution in [0.15, 0.2) is 35.0 Å². The Kier molecular flexibility index (Phi) is 5.93. The van der Waals surface area contributed by atoms with Crippen molar-refractivity contribution >= 4 is 28.9 Å². The van der Waals surface area contributed by atoms with Crippen molar-refractivity contribution in [1.29, 1.82) is 0 Å². The third-order valence-corrected chi connectivity index (χ3v) is 4.13. The quantitative estimate of drug-likeness (QED) is 0.453. The summed E-state index contributed by atoms with van der Waals surface area (Å²) in [5.41, 5.74) is 0.887. The molecule has 0 spiro atoms. The van der Waals surface area contributed by atoms with Gasteiger partial charge in [-0.15, -0.1) is 0 Å². The maximum atomic E-state index is 12.8. The van der Waals surface area contributed by atoms with Gasteiger partial charge in [-0.2, -0.15) is 13.2 Å². The SMILES string of the molecule is Cc1cc(-c2ncc(C(F)(F)F)cc2[N+](=O)[O-])cc(C)c1CC=C(Cl)Cl. The maximum Gasteiger partial charge on any atom is 0.418 e. The van der Waals surface area contributed by atoms with Gasteiger partial charge in [0.05, 0.1) is 10.5 Å². The Hall–Kier alpha value is -2.12. The summed E-state index contributed by atoms with van der Waals surface area (Å²) in [5, 5.41) is 11.2. The molecular weight excluding hydrogens is 392 g/mol. The molecule has 4 nitrogen and oxygen atoms in total. The molecule has 0 atom stereocenters. The first-order valence-electron chi connectivity index (χ1n) is 7.34. The minimum atomic E-state index is -4.71. The van der Waals surface area contributed by atoms with Crippen molar-refractivity contribution in [2.75, 3.05) is 0 Å². The summed E-state index contributed by atoms with van der Waals surface area (Å²) in [6, 6.07) is 3.78. The predicted octanol–water partition coefficient (Wildman–Crippen LogP) is 6.15. The maximum absolute atomic E-state index is 12.8. The summed E-state index contributed by atoms with van der Waals surface area (Å²) >= 11 is 11.2. The molecule has 0 fully saturated rings. The van der Waals surface area contributed by atoms with Crippen LogP contribution >= 0.6 is 23.2 Å². The van der Waals surface area contributed by atoms with E-state index in [0.717, 1.165) is 16.7 Å². The van der Waals surface area contributed by atoms with E-state index < -0.39 is 22.4 Å². The van der Waals surface area contributed by atoms with Crippen molar-refractivity contribution in [3.05, 3.63) is 67.3 Å². The Bertz CT molecular complexity index is 869. The normalized spacial score (nSPS) is 11.3. The van der Waals surface area contributed by atoms with Crippen molar-refractivity contribution in [3.63, 3.8) is 0 Å². The number of halogens is 5. The molecule has 1 aromatic carbocycles. The highest BCUT2D eigenvalue weighted by Gasteiger charge is 2.34. The molecule has 26 heavy (non-hydrogen) atoms. The highest BCUT2D eigenvalue weighted by Crippen LogP contribution is 2.36. The zero-order chi connectivity index (χ0) is 19.6. The Labute approximate surface area is 157 Å². The van der Waals surface area contributed by atoms with Crippen LogP contribution in [0.4, 0.5) is 18.9 Å². The second-order valence-corrected chi connectivity index (χ2v) is 6.64. The highest BCUT2D eigenvalue weighted by molar-refractivity contribution is 6.55. The average molecular weight is 405 g/mol.